The monoisotopic (exact) mass is 346 g/mol. The zero-order valence-electron chi connectivity index (χ0n) is 13.7. The Kier molecular flexibility index (Phi) is 4.06. The number of sulfonamides is 1. The number of hydrogen-bond donors (Lipinski definition) is 0. The predicted molar refractivity (Wildman–Crippen MR) is 91.6 cm³/mol. The quantitative estimate of drug-likeness (QED) is 0.726. The molecule has 0 aliphatic carbocycles. The Morgan fingerprint density at radius 2 is 1.75 bits per heavy atom. The molecule has 0 saturated carbocycles. The molecule has 24 heavy (non-hydrogen) atoms. The van der Waals surface area contributed by atoms with Crippen molar-refractivity contribution in [3.8, 4) is 0 Å². The van der Waals surface area contributed by atoms with Gasteiger partial charge in [0.25, 0.3) is 0 Å². The van der Waals surface area contributed by atoms with Crippen molar-refractivity contribution >= 4 is 21.1 Å². The van der Waals surface area contributed by atoms with Crippen molar-refractivity contribution < 1.29 is 12.8 Å². The average Bonchev–Trinajstić information content (AvgIpc) is 2.84. The molecule has 3 rings (SSSR count). The maximum atomic E-state index is 12.2. The van der Waals surface area contributed by atoms with E-state index in [1.807, 2.05) is 31.2 Å². The van der Waals surface area contributed by atoms with Crippen LogP contribution in [-0.4, -0.2) is 31.4 Å². The number of nitrogens with zero attached hydrogens (tertiary/aromatic N) is 2. The second-order valence-electron chi connectivity index (χ2n) is 5.86. The fraction of sp³-hybridized carbons (Fsp3) is 0.235. The molecule has 0 fully saturated rings. The maximum absolute atomic E-state index is 12.2. The molecule has 6 nitrogen and oxygen atoms in total. The summed E-state index contributed by atoms with van der Waals surface area (Å²) in [5.74, 6) is -0.509. The van der Waals surface area contributed by atoms with Crippen LogP contribution in [0.15, 0.2) is 56.6 Å². The van der Waals surface area contributed by atoms with Crippen LogP contribution in [0.5, 0.6) is 0 Å². The summed E-state index contributed by atoms with van der Waals surface area (Å²) >= 11 is 0. The lowest BCUT2D eigenvalue weighted by Gasteiger charge is -2.11. The van der Waals surface area contributed by atoms with E-state index in [4.69, 9.17) is 4.42 Å². The zero-order valence-corrected chi connectivity index (χ0v) is 14.5. The van der Waals surface area contributed by atoms with Crippen LogP contribution in [-0.2, 0) is 16.6 Å². The third kappa shape index (κ3) is 2.88. The van der Waals surface area contributed by atoms with E-state index in [1.54, 1.807) is 6.07 Å². The molecular weight excluding hydrogens is 328 g/mol. The molecule has 0 aliphatic heterocycles. The molecule has 1 aromatic heterocycles. The molecule has 3 aromatic rings. The SMILES string of the molecule is Cc1ccc(Cn2c(=O)oc3cc(S(=O)(=O)N(C)C)ccc32)cc1. The predicted octanol–water partition coefficient (Wildman–Crippen LogP) is 2.20. The van der Waals surface area contributed by atoms with Crippen LogP contribution in [0.25, 0.3) is 11.1 Å². The summed E-state index contributed by atoms with van der Waals surface area (Å²) in [5, 5.41) is 0. The van der Waals surface area contributed by atoms with Gasteiger partial charge in [-0.15, -0.1) is 0 Å². The van der Waals surface area contributed by atoms with Crippen LogP contribution in [0.4, 0.5) is 0 Å². The summed E-state index contributed by atoms with van der Waals surface area (Å²) in [6, 6.07) is 12.3. The van der Waals surface area contributed by atoms with Crippen LogP contribution in [0, 0.1) is 6.92 Å². The minimum Gasteiger partial charge on any atom is -0.408 e. The standard InChI is InChI=1S/C17H18N2O4S/c1-12-4-6-13(7-5-12)11-19-15-9-8-14(24(21,22)18(2)3)10-16(15)23-17(19)20/h4-10H,11H2,1-3H3. The second kappa shape index (κ2) is 5.92. The molecule has 0 bridgehead atoms. The lowest BCUT2D eigenvalue weighted by atomic mass is 10.1. The normalized spacial score (nSPS) is 12.2. The van der Waals surface area contributed by atoms with Crippen molar-refractivity contribution in [2.45, 2.75) is 18.4 Å². The summed E-state index contributed by atoms with van der Waals surface area (Å²) in [6.07, 6.45) is 0. The van der Waals surface area contributed by atoms with Gasteiger partial charge < -0.3 is 4.42 Å². The lowest BCUT2D eigenvalue weighted by Crippen LogP contribution is -2.22. The van der Waals surface area contributed by atoms with Crippen molar-refractivity contribution in [1.82, 2.24) is 8.87 Å². The van der Waals surface area contributed by atoms with Crippen molar-refractivity contribution in [2.24, 2.45) is 0 Å². The number of aryl methyl sites for hydroxylation is 1. The number of rotatable bonds is 4. The van der Waals surface area contributed by atoms with Gasteiger partial charge in [-0.1, -0.05) is 29.8 Å². The lowest BCUT2D eigenvalue weighted by molar-refractivity contribution is 0.513. The van der Waals surface area contributed by atoms with Crippen LogP contribution in [0.2, 0.25) is 0 Å². The molecule has 0 aliphatic rings. The Morgan fingerprint density at radius 1 is 1.08 bits per heavy atom. The highest BCUT2D eigenvalue weighted by atomic mass is 32.2. The molecule has 7 heteroatoms. The van der Waals surface area contributed by atoms with E-state index in [2.05, 4.69) is 0 Å². The molecule has 0 N–H and O–H groups in total. The average molecular weight is 346 g/mol. The Morgan fingerprint density at radius 3 is 2.38 bits per heavy atom. The first-order valence-electron chi connectivity index (χ1n) is 7.40. The van der Waals surface area contributed by atoms with Gasteiger partial charge in [-0.2, -0.15) is 0 Å². The third-order valence-corrected chi connectivity index (χ3v) is 5.69. The summed E-state index contributed by atoms with van der Waals surface area (Å²) in [6.45, 7) is 2.36. The van der Waals surface area contributed by atoms with Gasteiger partial charge in [0, 0.05) is 20.2 Å². The minimum absolute atomic E-state index is 0.0937. The molecule has 0 amide bonds. The molecule has 0 unspecified atom stereocenters. The van der Waals surface area contributed by atoms with E-state index in [1.165, 1.54) is 30.8 Å². The number of aromatic nitrogens is 1. The summed E-state index contributed by atoms with van der Waals surface area (Å²) < 4.78 is 32.2. The highest BCUT2D eigenvalue weighted by Gasteiger charge is 2.19. The smallest absolute Gasteiger partial charge is 0.408 e. The van der Waals surface area contributed by atoms with Gasteiger partial charge in [-0.25, -0.2) is 17.5 Å². The molecule has 0 atom stereocenters. The van der Waals surface area contributed by atoms with E-state index < -0.39 is 15.8 Å². The minimum atomic E-state index is -3.57. The first kappa shape index (κ1) is 16.5. The van der Waals surface area contributed by atoms with Crippen LogP contribution < -0.4 is 5.76 Å². The van der Waals surface area contributed by atoms with Gasteiger partial charge in [0.15, 0.2) is 5.58 Å². The third-order valence-electron chi connectivity index (χ3n) is 3.88. The molecule has 126 valence electrons. The van der Waals surface area contributed by atoms with Crippen LogP contribution in [0.3, 0.4) is 0 Å². The number of hydrogen-bond acceptors (Lipinski definition) is 4. The van der Waals surface area contributed by atoms with E-state index in [-0.39, 0.29) is 10.5 Å². The topological polar surface area (TPSA) is 72.5 Å². The molecule has 2 aromatic carbocycles. The van der Waals surface area contributed by atoms with E-state index in [0.29, 0.717) is 12.1 Å². The van der Waals surface area contributed by atoms with Gasteiger partial charge in [0.1, 0.15) is 0 Å². The van der Waals surface area contributed by atoms with E-state index in [9.17, 15) is 13.2 Å². The Balaban J connectivity index is 2.06. The fourth-order valence-electron chi connectivity index (χ4n) is 2.44. The van der Waals surface area contributed by atoms with Gasteiger partial charge in [0.2, 0.25) is 10.0 Å². The molecular formula is C17H18N2O4S. The highest BCUT2D eigenvalue weighted by Crippen LogP contribution is 2.21. The van der Waals surface area contributed by atoms with Crippen LogP contribution >= 0.6 is 0 Å². The largest absolute Gasteiger partial charge is 0.420 e. The number of oxazole rings is 1. The van der Waals surface area contributed by atoms with Crippen LogP contribution in [0.1, 0.15) is 11.1 Å². The summed E-state index contributed by atoms with van der Waals surface area (Å²) in [5.41, 5.74) is 2.94. The zero-order chi connectivity index (χ0) is 17.5. The first-order chi connectivity index (χ1) is 11.3. The fourth-order valence-corrected chi connectivity index (χ4v) is 3.36. The van der Waals surface area contributed by atoms with Gasteiger partial charge in [-0.3, -0.25) is 4.57 Å². The Bertz CT molecular complexity index is 1040. The highest BCUT2D eigenvalue weighted by molar-refractivity contribution is 7.89. The second-order valence-corrected chi connectivity index (χ2v) is 8.01. The molecule has 0 saturated heterocycles. The Labute approximate surface area is 140 Å². The van der Waals surface area contributed by atoms with Gasteiger partial charge in [0.05, 0.1) is 17.0 Å². The van der Waals surface area contributed by atoms with Gasteiger partial charge >= 0.3 is 5.76 Å². The first-order valence-corrected chi connectivity index (χ1v) is 8.84. The van der Waals surface area contributed by atoms with Crippen molar-refractivity contribution in [2.75, 3.05) is 14.1 Å². The van der Waals surface area contributed by atoms with Crippen molar-refractivity contribution in [3.63, 3.8) is 0 Å². The summed E-state index contributed by atoms with van der Waals surface area (Å²) in [4.78, 5) is 12.2. The Hall–Kier alpha value is -2.38. The maximum Gasteiger partial charge on any atom is 0.420 e. The van der Waals surface area contributed by atoms with E-state index >= 15 is 0 Å². The van der Waals surface area contributed by atoms with Gasteiger partial charge in [-0.05, 0) is 24.6 Å². The molecule has 1 heterocycles. The van der Waals surface area contributed by atoms with Crippen molar-refractivity contribution in [3.05, 3.63) is 64.1 Å². The summed E-state index contributed by atoms with van der Waals surface area (Å²) in [7, 11) is -0.660. The number of benzene rings is 2. The van der Waals surface area contributed by atoms with E-state index in [0.717, 1.165) is 15.4 Å². The number of fused-ring (bicyclic) bond motifs is 1. The van der Waals surface area contributed by atoms with Crippen molar-refractivity contribution in [1.29, 1.82) is 0 Å². The molecule has 0 spiro atoms. The molecule has 0 radical (unpaired) electrons.